The van der Waals surface area contributed by atoms with Crippen LogP contribution < -0.4 is 0 Å². The molecule has 1 aromatic heterocycles. The molecule has 0 fully saturated rings. The molecular weight excluding hydrogens is 269 g/mol. The molecule has 4 nitrogen and oxygen atoms in total. The first-order valence-electron chi connectivity index (χ1n) is 3.40. The highest BCUT2D eigenvalue weighted by molar-refractivity contribution is 14.1. The van der Waals surface area contributed by atoms with Crippen molar-refractivity contribution in [3.63, 3.8) is 0 Å². The Bertz CT molecular complexity index is 329. The molecule has 0 aliphatic heterocycles. The minimum Gasteiger partial charge on any atom is -0.293 e. The molecule has 1 heterocycles. The summed E-state index contributed by atoms with van der Waals surface area (Å²) in [5, 5.41) is 3.93. The van der Waals surface area contributed by atoms with Gasteiger partial charge in [-0.05, 0) is 6.92 Å². The van der Waals surface area contributed by atoms with Crippen LogP contribution in [0.5, 0.6) is 0 Å². The predicted molar refractivity (Wildman–Crippen MR) is 55.5 cm³/mol. The van der Waals surface area contributed by atoms with Crippen LogP contribution in [0, 0.1) is 0 Å². The minimum atomic E-state index is -0.0255. The monoisotopic (exact) mass is 277 g/mol. The maximum Gasteiger partial charge on any atom is 0.180 e. The molecule has 0 bridgehead atoms. The molecule has 0 radical (unpaired) electrons. The van der Waals surface area contributed by atoms with Crippen LogP contribution in [0.25, 0.3) is 0 Å². The minimum absolute atomic E-state index is 0.0255. The van der Waals surface area contributed by atoms with Gasteiger partial charge in [0.2, 0.25) is 0 Å². The highest BCUT2D eigenvalue weighted by atomic mass is 127. The molecule has 5 heteroatoms. The van der Waals surface area contributed by atoms with Gasteiger partial charge in [0.1, 0.15) is 11.4 Å². The molecule has 0 aliphatic rings. The first-order chi connectivity index (χ1) is 5.66. The molecule has 64 valence electrons. The van der Waals surface area contributed by atoms with E-state index in [4.69, 9.17) is 0 Å². The molecule has 1 rings (SSSR count). The molecule has 0 amide bonds. The van der Waals surface area contributed by atoms with Gasteiger partial charge in [-0.2, -0.15) is 7.99 Å². The van der Waals surface area contributed by atoms with Crippen LogP contribution in [0.3, 0.4) is 0 Å². The molecular formula is C7H8IN3O. The van der Waals surface area contributed by atoms with Crippen molar-refractivity contribution in [1.82, 2.24) is 7.99 Å². The van der Waals surface area contributed by atoms with Crippen molar-refractivity contribution < 1.29 is 4.79 Å². The summed E-state index contributed by atoms with van der Waals surface area (Å²) in [6, 6.07) is 0. The fourth-order valence-corrected chi connectivity index (χ4v) is 1.57. The SMILES string of the molecule is CC=Nc1cnn(I)c1C(C)=O. The second kappa shape index (κ2) is 3.79. The Morgan fingerprint density at radius 1 is 1.83 bits per heavy atom. The average molecular weight is 277 g/mol. The highest BCUT2D eigenvalue weighted by Gasteiger charge is 2.12. The maximum atomic E-state index is 11.1. The number of aliphatic imine (C=N–C) groups is 1. The van der Waals surface area contributed by atoms with Gasteiger partial charge in [-0.25, -0.2) is 0 Å². The second-order valence-electron chi connectivity index (χ2n) is 2.18. The summed E-state index contributed by atoms with van der Waals surface area (Å²) in [6.45, 7) is 3.30. The van der Waals surface area contributed by atoms with Crippen molar-refractivity contribution in [2.24, 2.45) is 4.99 Å². The number of halogens is 1. The summed E-state index contributed by atoms with van der Waals surface area (Å²) < 4.78 is 1.50. The molecule has 0 N–H and O–H groups in total. The van der Waals surface area contributed by atoms with Gasteiger partial charge < -0.3 is 0 Å². The van der Waals surface area contributed by atoms with E-state index < -0.39 is 0 Å². The summed E-state index contributed by atoms with van der Waals surface area (Å²) >= 11 is 1.95. The fraction of sp³-hybridized carbons (Fsp3) is 0.286. The van der Waals surface area contributed by atoms with E-state index in [-0.39, 0.29) is 5.78 Å². The number of rotatable bonds is 2. The Morgan fingerprint density at radius 2 is 2.50 bits per heavy atom. The predicted octanol–water partition coefficient (Wildman–Crippen LogP) is 2.01. The van der Waals surface area contributed by atoms with E-state index in [1.54, 1.807) is 19.3 Å². The van der Waals surface area contributed by atoms with Crippen molar-refractivity contribution in [2.45, 2.75) is 13.8 Å². The molecule has 0 saturated heterocycles. The van der Waals surface area contributed by atoms with E-state index in [9.17, 15) is 4.79 Å². The van der Waals surface area contributed by atoms with Crippen LogP contribution in [-0.2, 0) is 0 Å². The van der Waals surface area contributed by atoms with E-state index in [2.05, 4.69) is 10.1 Å². The first-order valence-corrected chi connectivity index (χ1v) is 4.37. The van der Waals surface area contributed by atoms with Crippen LogP contribution in [0.2, 0.25) is 0 Å². The molecule has 0 saturated carbocycles. The summed E-state index contributed by atoms with van der Waals surface area (Å²) in [5.41, 5.74) is 1.16. The number of aromatic nitrogens is 2. The lowest BCUT2D eigenvalue weighted by Gasteiger charge is -1.94. The van der Waals surface area contributed by atoms with Crippen LogP contribution in [0.15, 0.2) is 11.2 Å². The number of nitrogens with zero attached hydrogens (tertiary/aromatic N) is 3. The summed E-state index contributed by atoms with van der Waals surface area (Å²) in [7, 11) is 0. The van der Waals surface area contributed by atoms with Gasteiger partial charge in [0.15, 0.2) is 5.78 Å². The molecule has 0 unspecified atom stereocenters. The molecule has 0 aromatic carbocycles. The molecule has 1 aromatic rings. The van der Waals surface area contributed by atoms with E-state index in [1.165, 1.54) is 9.82 Å². The topological polar surface area (TPSA) is 47.2 Å². The van der Waals surface area contributed by atoms with Crippen LogP contribution in [0.4, 0.5) is 5.69 Å². The van der Waals surface area contributed by atoms with E-state index in [1.807, 2.05) is 22.9 Å². The number of carbonyl (C=O) groups is 1. The molecule has 0 spiro atoms. The molecule has 12 heavy (non-hydrogen) atoms. The molecule has 0 aliphatic carbocycles. The van der Waals surface area contributed by atoms with Crippen molar-refractivity contribution >= 4 is 40.5 Å². The maximum absolute atomic E-state index is 11.1. The van der Waals surface area contributed by atoms with Crippen molar-refractivity contribution in [2.75, 3.05) is 0 Å². The first kappa shape index (κ1) is 9.37. The number of Topliss-reactive ketones (excluding diaryl/α,β-unsaturated/α-hetero) is 1. The van der Waals surface area contributed by atoms with Crippen LogP contribution in [-0.4, -0.2) is 20.0 Å². The number of carbonyl (C=O) groups excluding carboxylic acids is 1. The molecule has 0 atom stereocenters. The fourth-order valence-electron chi connectivity index (χ4n) is 0.863. The van der Waals surface area contributed by atoms with E-state index in [0.717, 1.165) is 0 Å². The third-order valence-corrected chi connectivity index (χ3v) is 2.04. The second-order valence-corrected chi connectivity index (χ2v) is 3.10. The van der Waals surface area contributed by atoms with Gasteiger partial charge >= 0.3 is 0 Å². The van der Waals surface area contributed by atoms with E-state index in [0.29, 0.717) is 11.4 Å². The average Bonchev–Trinajstić information content (AvgIpc) is 2.32. The summed E-state index contributed by atoms with van der Waals surface area (Å²) in [4.78, 5) is 15.1. The third kappa shape index (κ3) is 1.71. The van der Waals surface area contributed by atoms with Crippen LogP contribution >= 0.6 is 22.9 Å². The Kier molecular flexibility index (Phi) is 2.96. The normalized spacial score (nSPS) is 10.9. The number of hydrogen-bond donors (Lipinski definition) is 0. The zero-order valence-corrected chi connectivity index (χ0v) is 8.94. The van der Waals surface area contributed by atoms with Gasteiger partial charge in [0.05, 0.1) is 29.1 Å². The Morgan fingerprint density at radius 3 is 3.00 bits per heavy atom. The summed E-state index contributed by atoms with van der Waals surface area (Å²) in [5.74, 6) is -0.0255. The number of hydrogen-bond acceptors (Lipinski definition) is 3. The lowest BCUT2D eigenvalue weighted by atomic mass is 10.3. The van der Waals surface area contributed by atoms with Gasteiger partial charge in [0, 0.05) is 13.1 Å². The van der Waals surface area contributed by atoms with Gasteiger partial charge in [-0.15, -0.1) is 0 Å². The quantitative estimate of drug-likeness (QED) is 0.471. The zero-order valence-electron chi connectivity index (χ0n) is 6.78. The standard InChI is InChI=1S/C7H8IN3O/c1-3-9-6-4-10-11(8)7(6)5(2)12/h3-4H,1-2H3. The smallest absolute Gasteiger partial charge is 0.180 e. The third-order valence-electron chi connectivity index (χ3n) is 1.31. The van der Waals surface area contributed by atoms with Gasteiger partial charge in [-0.3, -0.25) is 9.79 Å². The Hall–Kier alpha value is -0.720. The van der Waals surface area contributed by atoms with Crippen molar-refractivity contribution in [3.8, 4) is 0 Å². The van der Waals surface area contributed by atoms with Crippen LogP contribution in [0.1, 0.15) is 24.3 Å². The largest absolute Gasteiger partial charge is 0.293 e. The Balaban J connectivity index is 3.21. The number of ketones is 1. The lowest BCUT2D eigenvalue weighted by Crippen LogP contribution is -1.97. The zero-order chi connectivity index (χ0) is 9.14. The lowest BCUT2D eigenvalue weighted by molar-refractivity contribution is 0.101. The van der Waals surface area contributed by atoms with Gasteiger partial charge in [0.25, 0.3) is 0 Å². The van der Waals surface area contributed by atoms with Crippen molar-refractivity contribution in [3.05, 3.63) is 11.9 Å². The van der Waals surface area contributed by atoms with E-state index >= 15 is 0 Å². The van der Waals surface area contributed by atoms with Crippen molar-refractivity contribution in [1.29, 1.82) is 0 Å². The van der Waals surface area contributed by atoms with Gasteiger partial charge in [-0.1, -0.05) is 0 Å². The highest BCUT2D eigenvalue weighted by Crippen LogP contribution is 2.20. The summed E-state index contributed by atoms with van der Waals surface area (Å²) in [6.07, 6.45) is 3.21. The Labute approximate surface area is 84.2 Å².